The normalized spacial score (nSPS) is 11.9. The van der Waals surface area contributed by atoms with Gasteiger partial charge in [0.05, 0.1) is 22.1 Å². The van der Waals surface area contributed by atoms with Crippen molar-refractivity contribution in [3.8, 4) is 27.9 Å². The summed E-state index contributed by atoms with van der Waals surface area (Å²) in [5.41, 5.74) is 14.7. The van der Waals surface area contributed by atoms with Gasteiger partial charge in [-0.15, -0.1) is 0 Å². The van der Waals surface area contributed by atoms with E-state index in [1.54, 1.807) is 0 Å². The van der Waals surface area contributed by atoms with Crippen LogP contribution < -0.4 is 4.90 Å². The highest BCUT2D eigenvalue weighted by Crippen LogP contribution is 2.46. The summed E-state index contributed by atoms with van der Waals surface area (Å²) in [5, 5.41) is 9.10. The van der Waals surface area contributed by atoms with Crippen LogP contribution in [0.25, 0.3) is 104 Å². The zero-order valence-corrected chi connectivity index (χ0v) is 33.5. The molecule has 0 aliphatic carbocycles. The molecule has 13 rings (SSSR count). The number of aromatic nitrogens is 1. The van der Waals surface area contributed by atoms with Gasteiger partial charge in [-0.3, -0.25) is 0 Å². The van der Waals surface area contributed by atoms with Crippen molar-refractivity contribution in [2.24, 2.45) is 0 Å². The number of benzene rings is 10. The molecule has 3 aromatic heterocycles. The fraction of sp³-hybridized carbons (Fsp3) is 0. The number of nitrogens with zero attached hydrogens (tertiary/aromatic N) is 2. The largest absolute Gasteiger partial charge is 0.456 e. The van der Waals surface area contributed by atoms with Crippen molar-refractivity contribution < 1.29 is 8.83 Å². The number of furan rings is 2. The van der Waals surface area contributed by atoms with Crippen LogP contribution in [0.15, 0.2) is 227 Å². The SMILES string of the molecule is c1ccc(-n2c3ccccc3c3cc(-c4cccc(N(c5cccc(-c6cccc7oc8ccccc8c67)c5)c5cccc6oc7c8ccccc8ccc7c56)c4)ccc32)cc1. The van der Waals surface area contributed by atoms with Crippen molar-refractivity contribution in [1.29, 1.82) is 0 Å². The summed E-state index contributed by atoms with van der Waals surface area (Å²) in [5.74, 6) is 0. The summed E-state index contributed by atoms with van der Waals surface area (Å²) < 4.78 is 15.5. The summed E-state index contributed by atoms with van der Waals surface area (Å²) in [6.07, 6.45) is 0. The van der Waals surface area contributed by atoms with E-state index in [9.17, 15) is 0 Å². The van der Waals surface area contributed by atoms with Crippen molar-refractivity contribution in [3.63, 3.8) is 0 Å². The molecule has 0 unspecified atom stereocenters. The second-order valence-corrected chi connectivity index (χ2v) is 16.0. The minimum Gasteiger partial charge on any atom is -0.456 e. The molecule has 10 aromatic carbocycles. The molecule has 0 saturated carbocycles. The lowest BCUT2D eigenvalue weighted by atomic mass is 9.98. The van der Waals surface area contributed by atoms with Gasteiger partial charge < -0.3 is 18.3 Å². The van der Waals surface area contributed by atoms with Gasteiger partial charge in [0.2, 0.25) is 0 Å². The number of hydrogen-bond acceptors (Lipinski definition) is 3. The van der Waals surface area contributed by atoms with Gasteiger partial charge in [-0.25, -0.2) is 0 Å². The Morgan fingerprint density at radius 3 is 1.87 bits per heavy atom. The van der Waals surface area contributed by atoms with Gasteiger partial charge in [0.25, 0.3) is 0 Å². The predicted octanol–water partition coefficient (Wildman–Crippen LogP) is 16.5. The van der Waals surface area contributed by atoms with Crippen LogP contribution >= 0.6 is 0 Å². The minimum atomic E-state index is 0.848. The van der Waals surface area contributed by atoms with E-state index in [1.807, 2.05) is 12.1 Å². The van der Waals surface area contributed by atoms with E-state index in [0.29, 0.717) is 0 Å². The maximum atomic E-state index is 6.77. The second kappa shape index (κ2) is 13.6. The van der Waals surface area contributed by atoms with Crippen molar-refractivity contribution in [2.75, 3.05) is 4.90 Å². The maximum Gasteiger partial charge on any atom is 0.143 e. The zero-order valence-electron chi connectivity index (χ0n) is 33.5. The van der Waals surface area contributed by atoms with Crippen LogP contribution in [-0.2, 0) is 0 Å². The number of rotatable bonds is 6. The zero-order chi connectivity index (χ0) is 40.7. The number of fused-ring (bicyclic) bond motifs is 11. The van der Waals surface area contributed by atoms with E-state index >= 15 is 0 Å². The maximum absolute atomic E-state index is 6.77. The molecule has 13 aromatic rings. The second-order valence-electron chi connectivity index (χ2n) is 16.0. The third-order valence-electron chi connectivity index (χ3n) is 12.5. The van der Waals surface area contributed by atoms with Crippen LogP contribution in [0.2, 0.25) is 0 Å². The van der Waals surface area contributed by atoms with Gasteiger partial charge in [0.1, 0.15) is 22.3 Å². The summed E-state index contributed by atoms with van der Waals surface area (Å²) in [7, 11) is 0. The van der Waals surface area contributed by atoms with Crippen molar-refractivity contribution in [2.45, 2.75) is 0 Å². The molecule has 0 N–H and O–H groups in total. The lowest BCUT2D eigenvalue weighted by Crippen LogP contribution is -2.10. The van der Waals surface area contributed by atoms with Crippen molar-refractivity contribution >= 4 is 93.5 Å². The number of anilines is 3. The van der Waals surface area contributed by atoms with Gasteiger partial charge in [0.15, 0.2) is 0 Å². The van der Waals surface area contributed by atoms with Gasteiger partial charge in [0, 0.05) is 49.4 Å². The molecule has 0 atom stereocenters. The Kier molecular flexibility index (Phi) is 7.57. The molecular formula is C58H36N2O2. The molecule has 3 heterocycles. The van der Waals surface area contributed by atoms with Crippen LogP contribution in [0.5, 0.6) is 0 Å². The van der Waals surface area contributed by atoms with Gasteiger partial charge in [-0.05, 0) is 113 Å². The number of hydrogen-bond donors (Lipinski definition) is 0. The standard InChI is InChI=1S/C58H36N2O2/c1-2-17-41(18-3-1)60-50-25-8-6-22-46(50)49-36-39(31-33-51(49)60)38-15-10-19-42(34-38)59(52-26-13-29-55-57(52)48-32-30-37-14-4-5-21-45(37)58(48)62-55)43-20-11-16-40(35-43)44-24-12-28-54-56(44)47-23-7-9-27-53(47)61-54/h1-36H. The fourth-order valence-electron chi connectivity index (χ4n) is 9.81. The highest BCUT2D eigenvalue weighted by Gasteiger charge is 2.22. The van der Waals surface area contributed by atoms with E-state index in [1.165, 1.54) is 21.8 Å². The molecule has 0 fully saturated rings. The fourth-order valence-corrected chi connectivity index (χ4v) is 9.81. The topological polar surface area (TPSA) is 34.5 Å². The first-order valence-corrected chi connectivity index (χ1v) is 21.1. The predicted molar refractivity (Wildman–Crippen MR) is 258 cm³/mol. The van der Waals surface area contributed by atoms with Gasteiger partial charge in [-0.1, -0.05) is 133 Å². The average molecular weight is 793 g/mol. The Labute approximate surface area is 356 Å². The Morgan fingerprint density at radius 1 is 0.355 bits per heavy atom. The smallest absolute Gasteiger partial charge is 0.143 e. The molecule has 0 radical (unpaired) electrons. The Morgan fingerprint density at radius 2 is 1.00 bits per heavy atom. The molecule has 0 spiro atoms. The first-order chi connectivity index (χ1) is 30.7. The quantitative estimate of drug-likeness (QED) is 0.168. The van der Waals surface area contributed by atoms with Crippen LogP contribution in [-0.4, -0.2) is 4.57 Å². The average Bonchev–Trinajstić information content (AvgIpc) is 4.02. The molecule has 0 saturated heterocycles. The van der Waals surface area contributed by atoms with Gasteiger partial charge in [-0.2, -0.15) is 0 Å². The third kappa shape index (κ3) is 5.27. The van der Waals surface area contributed by atoms with Crippen LogP contribution in [0.3, 0.4) is 0 Å². The third-order valence-corrected chi connectivity index (χ3v) is 12.5. The van der Waals surface area contributed by atoms with E-state index < -0.39 is 0 Å². The van der Waals surface area contributed by atoms with Crippen molar-refractivity contribution in [3.05, 3.63) is 218 Å². The Hall–Kier alpha value is -8.34. The summed E-state index contributed by atoms with van der Waals surface area (Å²) in [6, 6.07) is 78.0. The highest BCUT2D eigenvalue weighted by molar-refractivity contribution is 6.20. The molecule has 62 heavy (non-hydrogen) atoms. The molecule has 0 amide bonds. The number of para-hydroxylation sites is 3. The van der Waals surface area contributed by atoms with E-state index in [2.05, 4.69) is 216 Å². The Bertz CT molecular complexity index is 3890. The molecule has 0 bridgehead atoms. The molecule has 4 nitrogen and oxygen atoms in total. The van der Waals surface area contributed by atoms with E-state index in [4.69, 9.17) is 8.83 Å². The molecule has 0 aliphatic heterocycles. The first kappa shape index (κ1) is 34.5. The van der Waals surface area contributed by atoms with Crippen LogP contribution in [0, 0.1) is 0 Å². The van der Waals surface area contributed by atoms with E-state index in [0.717, 1.165) is 99.7 Å². The first-order valence-electron chi connectivity index (χ1n) is 21.1. The molecule has 4 heteroatoms. The summed E-state index contributed by atoms with van der Waals surface area (Å²) >= 11 is 0. The Balaban J connectivity index is 1.03. The lowest BCUT2D eigenvalue weighted by molar-refractivity contribution is 0.669. The van der Waals surface area contributed by atoms with Crippen LogP contribution in [0.1, 0.15) is 0 Å². The van der Waals surface area contributed by atoms with Gasteiger partial charge >= 0.3 is 0 Å². The summed E-state index contributed by atoms with van der Waals surface area (Å²) in [4.78, 5) is 2.40. The monoisotopic (exact) mass is 792 g/mol. The minimum absolute atomic E-state index is 0.848. The summed E-state index contributed by atoms with van der Waals surface area (Å²) in [6.45, 7) is 0. The molecule has 0 aliphatic rings. The van der Waals surface area contributed by atoms with Crippen LogP contribution in [0.4, 0.5) is 17.1 Å². The lowest BCUT2D eigenvalue weighted by Gasteiger charge is -2.27. The van der Waals surface area contributed by atoms with Crippen molar-refractivity contribution in [1.82, 2.24) is 4.57 Å². The van der Waals surface area contributed by atoms with E-state index in [-0.39, 0.29) is 0 Å². The highest BCUT2D eigenvalue weighted by atomic mass is 16.3. The molecule has 290 valence electrons. The molecular weight excluding hydrogens is 757 g/mol.